The van der Waals surface area contributed by atoms with E-state index in [-0.39, 0.29) is 5.41 Å². The van der Waals surface area contributed by atoms with E-state index in [0.717, 1.165) is 5.56 Å². The second kappa shape index (κ2) is 6.73. The zero-order valence-electron chi connectivity index (χ0n) is 15.5. The van der Waals surface area contributed by atoms with Crippen LogP contribution in [-0.2, 0) is 28.9 Å². The third kappa shape index (κ3) is 4.08. The summed E-state index contributed by atoms with van der Waals surface area (Å²) in [6.45, 7) is 10.8. The SMILES string of the molecule is Cc1cc(CCNS(=O)(=O)c2ccc(C(C)(C)C)cc2)c(C)n1C. The fraction of sp³-hybridized carbons (Fsp3) is 0.474. The third-order valence-electron chi connectivity index (χ3n) is 4.60. The number of hydrogen-bond acceptors (Lipinski definition) is 2. The second-order valence-electron chi connectivity index (χ2n) is 7.38. The van der Waals surface area contributed by atoms with Gasteiger partial charge in [0.15, 0.2) is 0 Å². The maximum atomic E-state index is 12.4. The van der Waals surface area contributed by atoms with Crippen LogP contribution in [0, 0.1) is 13.8 Å². The third-order valence-corrected chi connectivity index (χ3v) is 6.07. The number of sulfonamides is 1. The van der Waals surface area contributed by atoms with E-state index in [1.54, 1.807) is 12.1 Å². The van der Waals surface area contributed by atoms with E-state index in [0.29, 0.717) is 17.9 Å². The van der Waals surface area contributed by atoms with E-state index >= 15 is 0 Å². The van der Waals surface area contributed by atoms with Crippen molar-refractivity contribution in [2.75, 3.05) is 6.54 Å². The highest BCUT2D eigenvalue weighted by atomic mass is 32.2. The molecule has 132 valence electrons. The van der Waals surface area contributed by atoms with Crippen molar-refractivity contribution >= 4 is 10.0 Å². The number of aromatic nitrogens is 1. The summed E-state index contributed by atoms with van der Waals surface area (Å²) in [5, 5.41) is 0. The number of rotatable bonds is 5. The molecule has 24 heavy (non-hydrogen) atoms. The van der Waals surface area contributed by atoms with Crippen molar-refractivity contribution in [3.05, 3.63) is 52.8 Å². The van der Waals surface area contributed by atoms with Crippen LogP contribution in [0.2, 0.25) is 0 Å². The summed E-state index contributed by atoms with van der Waals surface area (Å²) >= 11 is 0. The van der Waals surface area contributed by atoms with Crippen LogP contribution in [0.5, 0.6) is 0 Å². The number of nitrogens with one attached hydrogen (secondary N) is 1. The van der Waals surface area contributed by atoms with Gasteiger partial charge in [0.2, 0.25) is 10.0 Å². The monoisotopic (exact) mass is 348 g/mol. The molecule has 1 N–H and O–H groups in total. The van der Waals surface area contributed by atoms with E-state index in [1.807, 2.05) is 19.2 Å². The molecule has 0 fully saturated rings. The van der Waals surface area contributed by atoms with Crippen LogP contribution in [0.25, 0.3) is 0 Å². The van der Waals surface area contributed by atoms with Crippen molar-refractivity contribution in [1.82, 2.24) is 9.29 Å². The predicted molar refractivity (Wildman–Crippen MR) is 98.9 cm³/mol. The number of aryl methyl sites for hydroxylation is 1. The topological polar surface area (TPSA) is 51.1 Å². The van der Waals surface area contributed by atoms with Gasteiger partial charge in [-0.05, 0) is 55.0 Å². The molecule has 0 amide bonds. The van der Waals surface area contributed by atoms with Gasteiger partial charge in [-0.2, -0.15) is 0 Å². The number of benzene rings is 1. The molecule has 5 heteroatoms. The summed E-state index contributed by atoms with van der Waals surface area (Å²) < 4.78 is 29.7. The lowest BCUT2D eigenvalue weighted by Crippen LogP contribution is -2.26. The van der Waals surface area contributed by atoms with Gasteiger partial charge in [-0.15, -0.1) is 0 Å². The molecule has 0 saturated carbocycles. The molecule has 2 rings (SSSR count). The largest absolute Gasteiger partial charge is 0.352 e. The Kier molecular flexibility index (Phi) is 5.25. The van der Waals surface area contributed by atoms with Crippen LogP contribution in [-0.4, -0.2) is 19.5 Å². The number of hydrogen-bond donors (Lipinski definition) is 1. The molecule has 0 saturated heterocycles. The lowest BCUT2D eigenvalue weighted by Gasteiger charge is -2.19. The molecule has 4 nitrogen and oxygen atoms in total. The molecule has 0 radical (unpaired) electrons. The minimum Gasteiger partial charge on any atom is -0.352 e. The first-order valence-corrected chi connectivity index (χ1v) is 9.72. The van der Waals surface area contributed by atoms with Gasteiger partial charge in [0, 0.05) is 25.0 Å². The van der Waals surface area contributed by atoms with Gasteiger partial charge in [0.1, 0.15) is 0 Å². The summed E-state index contributed by atoms with van der Waals surface area (Å²) in [7, 11) is -1.44. The van der Waals surface area contributed by atoms with Crippen molar-refractivity contribution < 1.29 is 8.42 Å². The van der Waals surface area contributed by atoms with Crippen LogP contribution >= 0.6 is 0 Å². The van der Waals surface area contributed by atoms with Gasteiger partial charge >= 0.3 is 0 Å². The maximum Gasteiger partial charge on any atom is 0.240 e. The standard InChI is InChI=1S/C19H28N2O2S/c1-14-13-16(15(2)21(14)6)11-12-20-24(22,23)18-9-7-17(8-10-18)19(3,4)5/h7-10,13,20H,11-12H2,1-6H3. The summed E-state index contributed by atoms with van der Waals surface area (Å²) in [5.74, 6) is 0. The molecule has 1 aromatic carbocycles. The minimum atomic E-state index is -3.47. The molecule has 0 unspecified atom stereocenters. The van der Waals surface area contributed by atoms with Gasteiger partial charge in [-0.25, -0.2) is 13.1 Å². The van der Waals surface area contributed by atoms with Crippen LogP contribution in [0.1, 0.15) is 43.3 Å². The Balaban J connectivity index is 2.04. The maximum absolute atomic E-state index is 12.4. The van der Waals surface area contributed by atoms with E-state index in [1.165, 1.54) is 17.0 Å². The highest BCUT2D eigenvalue weighted by Gasteiger charge is 2.17. The Morgan fingerprint density at radius 1 is 1.08 bits per heavy atom. The molecule has 0 aliphatic heterocycles. The first-order valence-electron chi connectivity index (χ1n) is 8.24. The zero-order chi connectivity index (χ0) is 18.1. The van der Waals surface area contributed by atoms with E-state index < -0.39 is 10.0 Å². The molecule has 0 atom stereocenters. The van der Waals surface area contributed by atoms with Crippen molar-refractivity contribution in [2.45, 2.75) is 51.3 Å². The van der Waals surface area contributed by atoms with Crippen LogP contribution in [0.15, 0.2) is 35.2 Å². The first kappa shape index (κ1) is 18.7. The molecule has 0 bridgehead atoms. The fourth-order valence-corrected chi connectivity index (χ4v) is 3.76. The van der Waals surface area contributed by atoms with Crippen molar-refractivity contribution in [1.29, 1.82) is 0 Å². The second-order valence-corrected chi connectivity index (χ2v) is 9.14. The molecule has 2 aromatic rings. The normalized spacial score (nSPS) is 12.6. The van der Waals surface area contributed by atoms with Crippen molar-refractivity contribution in [3.63, 3.8) is 0 Å². The zero-order valence-corrected chi connectivity index (χ0v) is 16.3. The Hall–Kier alpha value is -1.59. The van der Waals surface area contributed by atoms with Gasteiger partial charge in [0.05, 0.1) is 4.90 Å². The average Bonchev–Trinajstić information content (AvgIpc) is 2.74. The van der Waals surface area contributed by atoms with Crippen molar-refractivity contribution in [3.8, 4) is 0 Å². The minimum absolute atomic E-state index is 0.0123. The quantitative estimate of drug-likeness (QED) is 0.899. The average molecular weight is 349 g/mol. The molecule has 0 spiro atoms. The van der Waals surface area contributed by atoms with E-state index in [4.69, 9.17) is 0 Å². The molecule has 1 aromatic heterocycles. The summed E-state index contributed by atoms with van der Waals surface area (Å²) in [5.41, 5.74) is 4.68. The Morgan fingerprint density at radius 2 is 1.67 bits per heavy atom. The lowest BCUT2D eigenvalue weighted by atomic mass is 9.87. The Bertz CT molecular complexity index is 810. The molecular weight excluding hydrogens is 320 g/mol. The van der Waals surface area contributed by atoms with Gasteiger partial charge in [-0.3, -0.25) is 0 Å². The molecule has 0 aliphatic carbocycles. The van der Waals surface area contributed by atoms with Gasteiger partial charge < -0.3 is 4.57 Å². The summed E-state index contributed by atoms with van der Waals surface area (Å²) in [4.78, 5) is 0.316. The Morgan fingerprint density at radius 3 is 2.12 bits per heavy atom. The predicted octanol–water partition coefficient (Wildman–Crippen LogP) is 3.46. The smallest absolute Gasteiger partial charge is 0.240 e. The highest BCUT2D eigenvalue weighted by Crippen LogP contribution is 2.23. The first-order chi connectivity index (χ1) is 11.0. The van der Waals surface area contributed by atoms with Crippen molar-refractivity contribution in [2.24, 2.45) is 7.05 Å². The summed E-state index contributed by atoms with van der Waals surface area (Å²) in [6.07, 6.45) is 0.687. The molecular formula is C19H28N2O2S. The van der Waals surface area contributed by atoms with E-state index in [9.17, 15) is 8.42 Å². The van der Waals surface area contributed by atoms with Gasteiger partial charge in [0.25, 0.3) is 0 Å². The summed E-state index contributed by atoms with van der Waals surface area (Å²) in [6, 6.07) is 9.25. The molecule has 1 heterocycles. The van der Waals surface area contributed by atoms with Crippen LogP contribution in [0.3, 0.4) is 0 Å². The van der Waals surface area contributed by atoms with Crippen LogP contribution < -0.4 is 4.72 Å². The van der Waals surface area contributed by atoms with Gasteiger partial charge in [-0.1, -0.05) is 32.9 Å². The highest BCUT2D eigenvalue weighted by molar-refractivity contribution is 7.89. The lowest BCUT2D eigenvalue weighted by molar-refractivity contribution is 0.578. The fourth-order valence-electron chi connectivity index (χ4n) is 2.72. The molecule has 0 aliphatic rings. The number of nitrogens with zero attached hydrogens (tertiary/aromatic N) is 1. The van der Waals surface area contributed by atoms with E-state index in [2.05, 4.69) is 50.0 Å². The van der Waals surface area contributed by atoms with Crippen LogP contribution in [0.4, 0.5) is 0 Å². The Labute approximate surface area is 146 Å².